The minimum absolute atomic E-state index is 0.125. The quantitative estimate of drug-likeness (QED) is 0.772. The maximum atomic E-state index is 5.97. The van der Waals surface area contributed by atoms with Gasteiger partial charge in [0.15, 0.2) is 12.6 Å². The first kappa shape index (κ1) is 9.46. The lowest BCUT2D eigenvalue weighted by atomic mass is 10.2. The highest BCUT2D eigenvalue weighted by Crippen LogP contribution is 2.36. The van der Waals surface area contributed by atoms with Gasteiger partial charge in [-0.25, -0.2) is 0 Å². The summed E-state index contributed by atoms with van der Waals surface area (Å²) >= 11 is 9.33. The minimum atomic E-state index is -0.306. The van der Waals surface area contributed by atoms with Gasteiger partial charge in [-0.05, 0) is 25.1 Å². The van der Waals surface area contributed by atoms with E-state index in [9.17, 15) is 0 Å². The molecule has 0 aromatic heterocycles. The first-order valence-electron chi connectivity index (χ1n) is 3.92. The first-order valence-corrected chi connectivity index (χ1v) is 5.10. The summed E-state index contributed by atoms with van der Waals surface area (Å²) in [4.78, 5) is 0. The number of benzene rings is 1. The van der Waals surface area contributed by atoms with Gasteiger partial charge >= 0.3 is 0 Å². The normalized spacial score (nSPS) is 27.0. The highest BCUT2D eigenvalue weighted by atomic mass is 79.9. The Bertz CT molecular complexity index is 323. The lowest BCUT2D eigenvalue weighted by Crippen LogP contribution is -2.31. The standard InChI is InChI=1S/C9H8BrClO2/c1-5-12-9(13-5)7-4-6(10)2-3-8(7)11/h2-5,9H,1H3. The number of hydrogen-bond acceptors (Lipinski definition) is 2. The van der Waals surface area contributed by atoms with E-state index in [1.807, 2.05) is 25.1 Å². The van der Waals surface area contributed by atoms with Gasteiger partial charge in [-0.15, -0.1) is 0 Å². The first-order chi connectivity index (χ1) is 6.16. The zero-order valence-corrected chi connectivity index (χ0v) is 9.30. The molecule has 0 radical (unpaired) electrons. The van der Waals surface area contributed by atoms with Crippen LogP contribution in [0.4, 0.5) is 0 Å². The van der Waals surface area contributed by atoms with Crippen LogP contribution in [-0.2, 0) is 9.47 Å². The molecule has 1 saturated heterocycles. The van der Waals surface area contributed by atoms with Crippen molar-refractivity contribution in [3.8, 4) is 0 Å². The van der Waals surface area contributed by atoms with Crippen LogP contribution in [0.5, 0.6) is 0 Å². The summed E-state index contributed by atoms with van der Waals surface area (Å²) in [5.41, 5.74) is 0.870. The number of hydrogen-bond donors (Lipinski definition) is 0. The molecule has 0 saturated carbocycles. The molecule has 0 bridgehead atoms. The number of rotatable bonds is 1. The van der Waals surface area contributed by atoms with Crippen molar-refractivity contribution in [1.82, 2.24) is 0 Å². The third-order valence-corrected chi connectivity index (χ3v) is 2.68. The molecule has 1 fully saturated rings. The Hall–Kier alpha value is -0.0900. The molecule has 2 rings (SSSR count). The second kappa shape index (κ2) is 3.58. The van der Waals surface area contributed by atoms with Crippen molar-refractivity contribution in [1.29, 1.82) is 0 Å². The van der Waals surface area contributed by atoms with Crippen molar-refractivity contribution in [3.63, 3.8) is 0 Å². The average molecular weight is 264 g/mol. The maximum Gasteiger partial charge on any atom is 0.191 e. The van der Waals surface area contributed by atoms with Crippen LogP contribution in [0, 0.1) is 0 Å². The lowest BCUT2D eigenvalue weighted by Gasteiger charge is -2.34. The SMILES string of the molecule is CC1OC(c2cc(Br)ccc2Cl)O1. The molecule has 0 N–H and O–H groups in total. The van der Waals surface area contributed by atoms with Gasteiger partial charge in [0, 0.05) is 15.1 Å². The molecule has 0 atom stereocenters. The molecular formula is C9H8BrClO2. The van der Waals surface area contributed by atoms with E-state index in [0.717, 1.165) is 10.0 Å². The van der Waals surface area contributed by atoms with E-state index in [1.165, 1.54) is 0 Å². The predicted molar refractivity (Wildman–Crippen MR) is 53.5 cm³/mol. The Morgan fingerprint density at radius 2 is 2.08 bits per heavy atom. The third kappa shape index (κ3) is 1.89. The highest BCUT2D eigenvalue weighted by Gasteiger charge is 2.30. The monoisotopic (exact) mass is 262 g/mol. The molecule has 1 aliphatic heterocycles. The van der Waals surface area contributed by atoms with Crippen LogP contribution in [0.15, 0.2) is 22.7 Å². The minimum Gasteiger partial charge on any atom is -0.319 e. The Kier molecular flexibility index (Phi) is 2.60. The fourth-order valence-electron chi connectivity index (χ4n) is 1.20. The summed E-state index contributed by atoms with van der Waals surface area (Å²) in [5, 5.41) is 0.667. The highest BCUT2D eigenvalue weighted by molar-refractivity contribution is 9.10. The third-order valence-electron chi connectivity index (χ3n) is 1.84. The van der Waals surface area contributed by atoms with E-state index in [4.69, 9.17) is 21.1 Å². The van der Waals surface area contributed by atoms with Gasteiger partial charge in [-0.2, -0.15) is 0 Å². The predicted octanol–water partition coefficient (Wildman–Crippen LogP) is 3.49. The van der Waals surface area contributed by atoms with Crippen molar-refractivity contribution >= 4 is 27.5 Å². The molecule has 13 heavy (non-hydrogen) atoms. The van der Waals surface area contributed by atoms with Gasteiger partial charge in [-0.1, -0.05) is 27.5 Å². The van der Waals surface area contributed by atoms with Crippen LogP contribution >= 0.6 is 27.5 Å². The summed E-state index contributed by atoms with van der Waals surface area (Å²) in [6.45, 7) is 1.85. The molecule has 2 nitrogen and oxygen atoms in total. The van der Waals surface area contributed by atoms with Crippen LogP contribution in [0.2, 0.25) is 5.02 Å². The zero-order chi connectivity index (χ0) is 9.42. The van der Waals surface area contributed by atoms with E-state index in [1.54, 1.807) is 0 Å². The van der Waals surface area contributed by atoms with E-state index in [0.29, 0.717) is 5.02 Å². The Labute approximate surface area is 89.9 Å². The van der Waals surface area contributed by atoms with Crippen molar-refractivity contribution in [2.45, 2.75) is 19.5 Å². The van der Waals surface area contributed by atoms with Crippen LogP contribution < -0.4 is 0 Å². The molecule has 0 aliphatic carbocycles. The largest absolute Gasteiger partial charge is 0.319 e. The summed E-state index contributed by atoms with van der Waals surface area (Å²) in [6, 6.07) is 5.60. The van der Waals surface area contributed by atoms with Gasteiger partial charge in [0.1, 0.15) is 0 Å². The van der Waals surface area contributed by atoms with E-state index in [2.05, 4.69) is 15.9 Å². The van der Waals surface area contributed by atoms with E-state index < -0.39 is 0 Å². The molecule has 0 spiro atoms. The van der Waals surface area contributed by atoms with Gasteiger partial charge in [0.25, 0.3) is 0 Å². The van der Waals surface area contributed by atoms with Crippen LogP contribution in [0.1, 0.15) is 18.8 Å². The lowest BCUT2D eigenvalue weighted by molar-refractivity contribution is -0.382. The van der Waals surface area contributed by atoms with Crippen LogP contribution in [-0.4, -0.2) is 6.29 Å². The topological polar surface area (TPSA) is 18.5 Å². The average Bonchev–Trinajstić information content (AvgIpc) is 2.04. The number of ether oxygens (including phenoxy) is 2. The molecule has 70 valence electrons. The molecule has 0 amide bonds. The van der Waals surface area contributed by atoms with E-state index in [-0.39, 0.29) is 12.6 Å². The Balaban J connectivity index is 2.24. The summed E-state index contributed by atoms with van der Waals surface area (Å²) < 4.78 is 11.6. The van der Waals surface area contributed by atoms with Crippen LogP contribution in [0.3, 0.4) is 0 Å². The fraction of sp³-hybridized carbons (Fsp3) is 0.333. The molecule has 4 heteroatoms. The van der Waals surface area contributed by atoms with Gasteiger partial charge in [0.2, 0.25) is 0 Å². The summed E-state index contributed by atoms with van der Waals surface area (Å²) in [6.07, 6.45) is -0.431. The van der Waals surface area contributed by atoms with Gasteiger partial charge in [0.05, 0.1) is 0 Å². The zero-order valence-electron chi connectivity index (χ0n) is 6.96. The van der Waals surface area contributed by atoms with Crippen molar-refractivity contribution < 1.29 is 9.47 Å². The molecule has 0 unspecified atom stereocenters. The molecular weight excluding hydrogens is 255 g/mol. The van der Waals surface area contributed by atoms with E-state index >= 15 is 0 Å². The van der Waals surface area contributed by atoms with Crippen LogP contribution in [0.25, 0.3) is 0 Å². The molecule has 1 aromatic carbocycles. The Morgan fingerprint density at radius 1 is 1.38 bits per heavy atom. The smallest absolute Gasteiger partial charge is 0.191 e. The van der Waals surface area contributed by atoms with Gasteiger partial charge in [-0.3, -0.25) is 0 Å². The van der Waals surface area contributed by atoms with Crippen molar-refractivity contribution in [2.75, 3.05) is 0 Å². The summed E-state index contributed by atoms with van der Waals surface area (Å²) in [7, 11) is 0. The number of halogens is 2. The summed E-state index contributed by atoms with van der Waals surface area (Å²) in [5.74, 6) is 0. The fourth-order valence-corrected chi connectivity index (χ4v) is 1.79. The second-order valence-corrected chi connectivity index (χ2v) is 4.16. The molecule has 1 heterocycles. The second-order valence-electron chi connectivity index (χ2n) is 2.84. The van der Waals surface area contributed by atoms with Gasteiger partial charge < -0.3 is 9.47 Å². The maximum absolute atomic E-state index is 5.97. The molecule has 1 aliphatic rings. The van der Waals surface area contributed by atoms with Crippen molar-refractivity contribution in [3.05, 3.63) is 33.3 Å². The Morgan fingerprint density at radius 3 is 2.69 bits per heavy atom. The molecule has 1 aromatic rings. The van der Waals surface area contributed by atoms with Crippen molar-refractivity contribution in [2.24, 2.45) is 0 Å².